The monoisotopic (exact) mass is 244 g/mol. The summed E-state index contributed by atoms with van der Waals surface area (Å²) in [5, 5.41) is 0.171. The van der Waals surface area contributed by atoms with E-state index in [2.05, 4.69) is 0 Å². The van der Waals surface area contributed by atoms with Crippen molar-refractivity contribution < 1.29 is 9.59 Å². The van der Waals surface area contributed by atoms with Gasteiger partial charge in [-0.05, 0) is 32.4 Å². The zero-order valence-corrected chi connectivity index (χ0v) is 10.7. The molecule has 0 aromatic rings. The highest BCUT2D eigenvalue weighted by Gasteiger charge is 1.99. The Morgan fingerprint density at radius 3 is 1.67 bits per heavy atom. The second kappa shape index (κ2) is 10.1. The third kappa shape index (κ3) is 9.82. The van der Waals surface area contributed by atoms with Gasteiger partial charge in [0.25, 0.3) is 0 Å². The van der Waals surface area contributed by atoms with Crippen LogP contribution < -0.4 is 0 Å². The van der Waals surface area contributed by atoms with Crippen molar-refractivity contribution in [3.63, 3.8) is 0 Å². The van der Waals surface area contributed by atoms with E-state index in [9.17, 15) is 9.59 Å². The molecule has 0 radical (unpaired) electrons. The number of carbonyl (C=O) groups excluding carboxylic acids is 2. The molecule has 0 amide bonds. The molecule has 0 aliphatic rings. The lowest BCUT2D eigenvalue weighted by Crippen LogP contribution is -1.92. The van der Waals surface area contributed by atoms with E-state index >= 15 is 0 Å². The van der Waals surface area contributed by atoms with Crippen LogP contribution in [0, 0.1) is 0 Å². The van der Waals surface area contributed by atoms with Gasteiger partial charge in [-0.3, -0.25) is 9.59 Å². The lowest BCUT2D eigenvalue weighted by Gasteiger charge is -1.96. The molecule has 0 aliphatic heterocycles. The molecule has 0 heterocycles. The molecule has 0 aromatic heterocycles. The first kappa shape index (κ1) is 14.5. The molecule has 0 saturated carbocycles. The van der Waals surface area contributed by atoms with Crippen LogP contribution in [0.15, 0.2) is 24.3 Å². The van der Waals surface area contributed by atoms with Gasteiger partial charge in [-0.2, -0.15) is 0 Å². The minimum Gasteiger partial charge on any atom is -0.282 e. The smallest absolute Gasteiger partial charge is 0.211 e. The van der Waals surface area contributed by atoms with Crippen LogP contribution in [-0.2, 0) is 9.59 Å². The lowest BCUT2D eigenvalue weighted by atomic mass is 10.6. The second-order valence-corrected chi connectivity index (χ2v) is 4.89. The Hall–Kier alpha value is -0.480. The number of allylic oxidation sites excluding steroid dienone is 2. The van der Waals surface area contributed by atoms with Gasteiger partial charge in [0.15, 0.2) is 0 Å². The first-order valence-electron chi connectivity index (χ1n) is 4.79. The molecule has 0 aromatic carbocycles. The third-order valence-corrected chi connectivity index (χ3v) is 3.21. The molecule has 2 nitrogen and oxygen atoms in total. The van der Waals surface area contributed by atoms with Gasteiger partial charge in [0.1, 0.15) is 0 Å². The number of thioether (sulfide) groups is 2. The van der Waals surface area contributed by atoms with Gasteiger partial charge in [-0.15, -0.1) is 0 Å². The van der Waals surface area contributed by atoms with Gasteiger partial charge in [0.05, 0.1) is 0 Å². The molecule has 84 valence electrons. The molecule has 0 aliphatic carbocycles. The average Bonchev–Trinajstić information content (AvgIpc) is 2.18. The van der Waals surface area contributed by atoms with Crippen molar-refractivity contribution in [1.82, 2.24) is 0 Å². The van der Waals surface area contributed by atoms with Crippen molar-refractivity contribution in [2.45, 2.75) is 20.3 Å². The Morgan fingerprint density at radius 2 is 1.33 bits per heavy atom. The molecule has 0 unspecified atom stereocenters. The van der Waals surface area contributed by atoms with Crippen LogP contribution in [0.25, 0.3) is 0 Å². The molecule has 4 heteroatoms. The van der Waals surface area contributed by atoms with Crippen LogP contribution in [0.4, 0.5) is 0 Å². The zero-order chi connectivity index (χ0) is 11.5. The van der Waals surface area contributed by atoms with Crippen LogP contribution in [0.5, 0.6) is 0 Å². The summed E-state index contributed by atoms with van der Waals surface area (Å²) in [5.74, 6) is 1.55. The highest BCUT2D eigenvalue weighted by Crippen LogP contribution is 2.10. The number of hydrogen-bond donors (Lipinski definition) is 0. The van der Waals surface area contributed by atoms with E-state index in [1.54, 1.807) is 24.3 Å². The molecule has 0 spiro atoms. The maximum atomic E-state index is 11.0. The first-order chi connectivity index (χ1) is 7.20. The topological polar surface area (TPSA) is 34.1 Å². The summed E-state index contributed by atoms with van der Waals surface area (Å²) in [4.78, 5) is 22.1. The van der Waals surface area contributed by atoms with Crippen molar-refractivity contribution in [3.8, 4) is 0 Å². The maximum Gasteiger partial charge on any atom is 0.211 e. The number of carbonyl (C=O) groups is 2. The Labute approximate surface area is 99.6 Å². The SMILES string of the molecule is CC=CC(=O)SCCCSC(=O)C=CC. The summed E-state index contributed by atoms with van der Waals surface area (Å²) in [7, 11) is 0. The Bertz CT molecular complexity index is 231. The molecular weight excluding hydrogens is 228 g/mol. The van der Waals surface area contributed by atoms with E-state index < -0.39 is 0 Å². The van der Waals surface area contributed by atoms with Gasteiger partial charge in [0.2, 0.25) is 10.2 Å². The van der Waals surface area contributed by atoms with E-state index in [1.165, 1.54) is 23.5 Å². The van der Waals surface area contributed by atoms with E-state index in [0.717, 1.165) is 17.9 Å². The Kier molecular flexibility index (Phi) is 9.73. The fourth-order valence-corrected chi connectivity index (χ4v) is 2.40. The van der Waals surface area contributed by atoms with Gasteiger partial charge >= 0.3 is 0 Å². The summed E-state index contributed by atoms with van der Waals surface area (Å²) in [6.07, 6.45) is 7.47. The summed E-state index contributed by atoms with van der Waals surface area (Å²) >= 11 is 2.60. The average molecular weight is 244 g/mol. The van der Waals surface area contributed by atoms with E-state index in [4.69, 9.17) is 0 Å². The predicted octanol–water partition coefficient (Wildman–Crippen LogP) is 3.05. The highest BCUT2D eigenvalue weighted by molar-refractivity contribution is 8.14. The molecule has 0 rings (SSSR count). The molecular formula is C11H16O2S2. The van der Waals surface area contributed by atoms with Crippen molar-refractivity contribution in [3.05, 3.63) is 24.3 Å². The van der Waals surface area contributed by atoms with Gasteiger partial charge in [-0.25, -0.2) is 0 Å². The minimum absolute atomic E-state index is 0.0854. The zero-order valence-electron chi connectivity index (χ0n) is 9.06. The Morgan fingerprint density at radius 1 is 0.933 bits per heavy atom. The van der Waals surface area contributed by atoms with Gasteiger partial charge in [-0.1, -0.05) is 35.7 Å². The summed E-state index contributed by atoms with van der Waals surface area (Å²) in [6.45, 7) is 3.65. The highest BCUT2D eigenvalue weighted by atomic mass is 32.2. The van der Waals surface area contributed by atoms with Crippen LogP contribution in [0.1, 0.15) is 20.3 Å². The molecule has 0 N–H and O–H groups in total. The Balaban J connectivity index is 3.40. The predicted molar refractivity (Wildman–Crippen MR) is 69.2 cm³/mol. The number of hydrogen-bond acceptors (Lipinski definition) is 4. The lowest BCUT2D eigenvalue weighted by molar-refractivity contribution is -0.107. The quantitative estimate of drug-likeness (QED) is 0.531. The standard InChI is InChI=1S/C11H16O2S2/c1-3-6-10(12)14-8-5-9-15-11(13)7-4-2/h3-4,6-7H,5,8-9H2,1-2H3. The van der Waals surface area contributed by atoms with Gasteiger partial charge in [0, 0.05) is 11.5 Å². The van der Waals surface area contributed by atoms with E-state index in [0.29, 0.717) is 0 Å². The van der Waals surface area contributed by atoms with Crippen LogP contribution in [0.2, 0.25) is 0 Å². The van der Waals surface area contributed by atoms with Crippen molar-refractivity contribution in [2.75, 3.05) is 11.5 Å². The molecule has 0 atom stereocenters. The van der Waals surface area contributed by atoms with E-state index in [1.807, 2.05) is 13.8 Å². The van der Waals surface area contributed by atoms with Crippen molar-refractivity contribution in [1.29, 1.82) is 0 Å². The molecule has 0 fully saturated rings. The summed E-state index contributed by atoms with van der Waals surface area (Å²) < 4.78 is 0. The largest absolute Gasteiger partial charge is 0.282 e. The number of rotatable bonds is 6. The summed E-state index contributed by atoms with van der Waals surface area (Å²) in [6, 6.07) is 0. The third-order valence-electron chi connectivity index (χ3n) is 1.38. The maximum absolute atomic E-state index is 11.0. The molecule has 0 saturated heterocycles. The van der Waals surface area contributed by atoms with E-state index in [-0.39, 0.29) is 10.2 Å². The minimum atomic E-state index is 0.0854. The van der Waals surface area contributed by atoms with Crippen LogP contribution >= 0.6 is 23.5 Å². The van der Waals surface area contributed by atoms with Crippen molar-refractivity contribution in [2.24, 2.45) is 0 Å². The first-order valence-corrected chi connectivity index (χ1v) is 6.76. The van der Waals surface area contributed by atoms with Crippen molar-refractivity contribution >= 4 is 33.8 Å². The summed E-state index contributed by atoms with van der Waals surface area (Å²) in [5.41, 5.74) is 0. The van der Waals surface area contributed by atoms with Crippen LogP contribution in [0.3, 0.4) is 0 Å². The normalized spacial score (nSPS) is 11.3. The molecule has 15 heavy (non-hydrogen) atoms. The fourth-order valence-electron chi connectivity index (χ4n) is 0.773. The van der Waals surface area contributed by atoms with Gasteiger partial charge < -0.3 is 0 Å². The molecule has 0 bridgehead atoms. The second-order valence-electron chi connectivity index (χ2n) is 2.69. The fraction of sp³-hybridized carbons (Fsp3) is 0.455. The van der Waals surface area contributed by atoms with Crippen LogP contribution in [-0.4, -0.2) is 21.7 Å².